The number of carbonyl (C=O) groups excluding carboxylic acids is 3. The molecule has 0 saturated carbocycles. The fourth-order valence-corrected chi connectivity index (χ4v) is 11.3. The highest BCUT2D eigenvalue weighted by Crippen LogP contribution is 2.36. The van der Waals surface area contributed by atoms with Crippen molar-refractivity contribution in [1.82, 2.24) is 30.0 Å². The number of benzene rings is 2. The summed E-state index contributed by atoms with van der Waals surface area (Å²) in [6.07, 6.45) is 3.38. The molecule has 0 aliphatic carbocycles. The molecular weight excluding hydrogens is 889 g/mol. The lowest BCUT2D eigenvalue weighted by Gasteiger charge is -2.31. The average molecular weight is 963 g/mol. The van der Waals surface area contributed by atoms with Gasteiger partial charge in [-0.3, -0.25) is 24.2 Å². The number of aryl methyl sites for hydroxylation is 6. The van der Waals surface area contributed by atoms with E-state index in [1.54, 1.807) is 6.92 Å². The van der Waals surface area contributed by atoms with Crippen LogP contribution in [0.4, 0.5) is 23.0 Å². The fraction of sp³-hybridized carbons (Fsp3) is 0.518. The van der Waals surface area contributed by atoms with Crippen LogP contribution >= 0.6 is 0 Å². The molecular formula is C56H74N12O3. The number of nitriles is 2. The highest BCUT2D eigenvalue weighted by Gasteiger charge is 2.46. The van der Waals surface area contributed by atoms with Crippen molar-refractivity contribution < 1.29 is 14.4 Å². The van der Waals surface area contributed by atoms with Gasteiger partial charge in [0.2, 0.25) is 17.7 Å². The summed E-state index contributed by atoms with van der Waals surface area (Å²) >= 11 is 0. The molecule has 376 valence electrons. The summed E-state index contributed by atoms with van der Waals surface area (Å²) in [7, 11) is 4.27. The standard InChI is InChI=1S/C29H38N6O2.C27H36N6O/c1-7-34(23-10-8-9-19(2)13-23)29(37)27-15-25(32(6)24-11-12-33(17-24)22(5)36)18-35(27)28-26(16-30)20(3)14-21(4)31-28;1-6-32(21-9-7-8-18(2)12-21)27(34)25-14-23(31(5)22-10-11-29-16-22)17-33(25)26-24(15-28)19(3)13-20(4)30-26/h8-10,13-14,24-25,27H,7,11-12,15,17-18H2,1-6H3;7-9,12-13,22-23,25,29H,6,10-11,14,16-17H2,1-5H3/t24?,25-,27-;22?,23-,25-/m00/s1. The van der Waals surface area contributed by atoms with E-state index < -0.39 is 6.04 Å². The topological polar surface area (TPSA) is 159 Å². The van der Waals surface area contributed by atoms with Crippen LogP contribution in [0.1, 0.15) is 91.2 Å². The van der Waals surface area contributed by atoms with Gasteiger partial charge in [-0.1, -0.05) is 24.3 Å². The summed E-state index contributed by atoms with van der Waals surface area (Å²) in [4.78, 5) is 64.3. The van der Waals surface area contributed by atoms with Gasteiger partial charge in [-0.15, -0.1) is 0 Å². The molecule has 1 N–H and O–H groups in total. The Labute approximate surface area is 422 Å². The summed E-state index contributed by atoms with van der Waals surface area (Å²) in [6, 6.07) is 24.9. The Morgan fingerprint density at radius 2 is 1.13 bits per heavy atom. The molecule has 71 heavy (non-hydrogen) atoms. The summed E-state index contributed by atoms with van der Waals surface area (Å²) in [5, 5.41) is 23.4. The zero-order chi connectivity index (χ0) is 51.3. The smallest absolute Gasteiger partial charge is 0.249 e. The normalized spacial score (nSPS) is 21.8. The van der Waals surface area contributed by atoms with Gasteiger partial charge in [0, 0.05) is 99.7 Å². The molecule has 6 atom stereocenters. The zero-order valence-corrected chi connectivity index (χ0v) is 43.9. The van der Waals surface area contributed by atoms with E-state index in [1.807, 2.05) is 125 Å². The Bertz CT molecular complexity index is 2670. The van der Waals surface area contributed by atoms with E-state index in [0.717, 1.165) is 77.5 Å². The number of pyridine rings is 2. The zero-order valence-electron chi connectivity index (χ0n) is 43.9. The molecule has 4 fully saturated rings. The number of hydrogen-bond donors (Lipinski definition) is 1. The van der Waals surface area contributed by atoms with Crippen LogP contribution in [-0.2, 0) is 14.4 Å². The second kappa shape index (κ2) is 22.8. The summed E-state index contributed by atoms with van der Waals surface area (Å²) in [6.45, 7) is 23.3. The van der Waals surface area contributed by atoms with Crippen molar-refractivity contribution in [3.63, 3.8) is 0 Å². The number of aromatic nitrogens is 2. The second-order valence-corrected chi connectivity index (χ2v) is 20.1. The van der Waals surface area contributed by atoms with E-state index in [2.05, 4.69) is 57.2 Å². The van der Waals surface area contributed by atoms with Gasteiger partial charge in [0.1, 0.15) is 35.9 Å². The third kappa shape index (κ3) is 11.4. The van der Waals surface area contributed by atoms with Crippen molar-refractivity contribution in [1.29, 1.82) is 10.5 Å². The molecule has 4 aliphatic rings. The number of rotatable bonds is 12. The third-order valence-corrected chi connectivity index (χ3v) is 15.3. The van der Waals surface area contributed by atoms with Crippen molar-refractivity contribution in [2.24, 2.45) is 0 Å². The molecule has 4 aromatic rings. The number of anilines is 4. The molecule has 2 aromatic heterocycles. The van der Waals surface area contributed by atoms with Crippen molar-refractivity contribution in [2.45, 2.75) is 124 Å². The van der Waals surface area contributed by atoms with Gasteiger partial charge in [-0.25, -0.2) is 9.97 Å². The minimum absolute atomic E-state index is 0.0191. The highest BCUT2D eigenvalue weighted by atomic mass is 16.2. The van der Waals surface area contributed by atoms with Gasteiger partial charge in [0.15, 0.2) is 0 Å². The molecule has 8 rings (SSSR count). The molecule has 0 spiro atoms. The maximum Gasteiger partial charge on any atom is 0.249 e. The monoisotopic (exact) mass is 963 g/mol. The Hall–Kier alpha value is -6.39. The number of hydrogen-bond acceptors (Lipinski definition) is 12. The van der Waals surface area contributed by atoms with Gasteiger partial charge < -0.3 is 29.8 Å². The predicted molar refractivity (Wildman–Crippen MR) is 282 cm³/mol. The maximum atomic E-state index is 14.2. The number of nitrogens with one attached hydrogen (secondary N) is 1. The van der Waals surface area contributed by atoms with Crippen LogP contribution in [-0.4, -0.2) is 145 Å². The second-order valence-electron chi connectivity index (χ2n) is 20.1. The lowest BCUT2D eigenvalue weighted by atomic mass is 10.1. The lowest BCUT2D eigenvalue weighted by Crippen LogP contribution is -2.46. The third-order valence-electron chi connectivity index (χ3n) is 15.3. The summed E-state index contributed by atoms with van der Waals surface area (Å²) < 4.78 is 0. The first kappa shape index (κ1) is 52.4. The number of nitrogens with zero attached hydrogens (tertiary/aromatic N) is 11. The van der Waals surface area contributed by atoms with Crippen LogP contribution < -0.4 is 24.9 Å². The molecule has 2 unspecified atom stereocenters. The first-order chi connectivity index (χ1) is 34.0. The number of likely N-dealkylation sites (N-methyl/N-ethyl adjacent to an activating group) is 4. The summed E-state index contributed by atoms with van der Waals surface area (Å²) in [5.41, 5.74) is 8.57. The number of likely N-dealkylation sites (tertiary alicyclic amines) is 1. The molecule has 3 amide bonds. The molecule has 4 saturated heterocycles. The van der Waals surface area contributed by atoms with E-state index in [0.29, 0.717) is 74.4 Å². The van der Waals surface area contributed by atoms with Gasteiger partial charge in [-0.2, -0.15) is 10.5 Å². The molecule has 15 nitrogen and oxygen atoms in total. The largest absolute Gasteiger partial charge is 0.342 e. The minimum Gasteiger partial charge on any atom is -0.342 e. The number of carbonyl (C=O) groups is 3. The molecule has 0 radical (unpaired) electrons. The van der Waals surface area contributed by atoms with Crippen molar-refractivity contribution in [2.75, 3.05) is 86.1 Å². The molecule has 0 bridgehead atoms. The van der Waals surface area contributed by atoms with E-state index in [-0.39, 0.29) is 41.9 Å². The van der Waals surface area contributed by atoms with Crippen LogP contribution in [0.5, 0.6) is 0 Å². The Balaban J connectivity index is 0.000000209. The van der Waals surface area contributed by atoms with Crippen LogP contribution in [0.3, 0.4) is 0 Å². The van der Waals surface area contributed by atoms with Crippen molar-refractivity contribution in [3.8, 4) is 12.1 Å². The maximum absolute atomic E-state index is 14.2. The quantitative estimate of drug-likeness (QED) is 0.162. The van der Waals surface area contributed by atoms with Crippen LogP contribution in [0.2, 0.25) is 0 Å². The molecule has 2 aromatic carbocycles. The highest BCUT2D eigenvalue weighted by molar-refractivity contribution is 6.00. The van der Waals surface area contributed by atoms with Gasteiger partial charge in [0.05, 0.1) is 11.1 Å². The first-order valence-electron chi connectivity index (χ1n) is 25.4. The van der Waals surface area contributed by atoms with E-state index in [1.165, 1.54) is 0 Å². The van der Waals surface area contributed by atoms with Gasteiger partial charge in [0.25, 0.3) is 0 Å². The van der Waals surface area contributed by atoms with E-state index in [4.69, 9.17) is 9.97 Å². The fourth-order valence-electron chi connectivity index (χ4n) is 11.3. The Morgan fingerprint density at radius 3 is 1.51 bits per heavy atom. The van der Waals surface area contributed by atoms with Gasteiger partial charge in [-0.05, 0) is 160 Å². The Kier molecular flexibility index (Phi) is 16.8. The van der Waals surface area contributed by atoms with Crippen molar-refractivity contribution >= 4 is 40.7 Å². The first-order valence-corrected chi connectivity index (χ1v) is 25.4. The minimum atomic E-state index is -0.445. The van der Waals surface area contributed by atoms with Crippen LogP contribution in [0.25, 0.3) is 0 Å². The summed E-state index contributed by atoms with van der Waals surface area (Å²) in [5.74, 6) is 1.42. The molecule has 15 heteroatoms. The van der Waals surface area contributed by atoms with Gasteiger partial charge >= 0.3 is 0 Å². The predicted octanol–water partition coefficient (Wildman–Crippen LogP) is 6.60. The lowest BCUT2D eigenvalue weighted by molar-refractivity contribution is -0.128. The SMILES string of the molecule is CCN(C(=O)[C@@H]1C[C@H](N(C)C2CCN(C(C)=O)C2)CN1c1nc(C)cc(C)c1C#N)c1cccc(C)c1.CCN(C(=O)[C@@H]1C[C@H](N(C)C2CCNC2)CN1c1nc(C)cc(C)c1C#N)c1cccc(C)c1. The average Bonchev–Trinajstić information content (AvgIpc) is 4.19. The van der Waals surface area contributed by atoms with E-state index in [9.17, 15) is 24.9 Å². The van der Waals surface area contributed by atoms with Crippen molar-refractivity contribution in [3.05, 3.63) is 105 Å². The number of amides is 3. The van der Waals surface area contributed by atoms with Crippen LogP contribution in [0, 0.1) is 64.2 Å². The Morgan fingerprint density at radius 1 is 0.662 bits per heavy atom. The molecule has 6 heterocycles. The van der Waals surface area contributed by atoms with E-state index >= 15 is 0 Å². The molecule has 4 aliphatic heterocycles. The van der Waals surface area contributed by atoms with Crippen LogP contribution in [0.15, 0.2) is 60.7 Å².